The van der Waals surface area contributed by atoms with Gasteiger partial charge in [0.2, 0.25) is 11.7 Å². The number of benzene rings is 1. The molecule has 11 heteroatoms. The Labute approximate surface area is 125 Å². The Hall–Kier alpha value is -2.56. The minimum atomic E-state index is -0.746. The van der Waals surface area contributed by atoms with E-state index in [1.165, 1.54) is 7.11 Å². The van der Waals surface area contributed by atoms with Crippen molar-refractivity contribution in [2.75, 3.05) is 12.8 Å². The number of anilines is 1. The Kier molecular flexibility index (Phi) is 4.12. The first-order chi connectivity index (χ1) is 9.90. The fourth-order valence-electron chi connectivity index (χ4n) is 1.33. The second-order valence-corrected chi connectivity index (χ2v) is 4.41. The van der Waals surface area contributed by atoms with Gasteiger partial charge in [-0.05, 0) is 15.9 Å². The van der Waals surface area contributed by atoms with Crippen LogP contribution < -0.4 is 15.2 Å². The van der Waals surface area contributed by atoms with E-state index in [9.17, 15) is 14.5 Å². The molecule has 0 unspecified atom stereocenters. The largest absolute Gasteiger partial charge is 0.467 e. The zero-order valence-corrected chi connectivity index (χ0v) is 12.0. The van der Waals surface area contributed by atoms with E-state index in [1.807, 2.05) is 0 Å². The van der Waals surface area contributed by atoms with E-state index in [1.54, 1.807) is 0 Å². The number of nitrogens with two attached hydrogens (primary N) is 1. The highest BCUT2D eigenvalue weighted by molar-refractivity contribution is 9.10. The average molecular weight is 360 g/mol. The van der Waals surface area contributed by atoms with Gasteiger partial charge in [-0.2, -0.15) is 9.97 Å². The van der Waals surface area contributed by atoms with Gasteiger partial charge in [-0.15, -0.1) is 4.98 Å². The molecule has 0 aliphatic carbocycles. The summed E-state index contributed by atoms with van der Waals surface area (Å²) >= 11 is 2.85. The van der Waals surface area contributed by atoms with Crippen LogP contribution in [0.4, 0.5) is 16.0 Å². The lowest BCUT2D eigenvalue weighted by atomic mass is 10.3. The molecule has 1 aromatic carbocycles. The first-order valence-electron chi connectivity index (χ1n) is 5.27. The van der Waals surface area contributed by atoms with Crippen molar-refractivity contribution in [1.82, 2.24) is 15.0 Å². The number of rotatable bonds is 4. The van der Waals surface area contributed by atoms with Crippen LogP contribution in [0, 0.1) is 15.9 Å². The van der Waals surface area contributed by atoms with Crippen molar-refractivity contribution in [3.8, 4) is 17.8 Å². The molecule has 0 radical (unpaired) electrons. The van der Waals surface area contributed by atoms with Crippen LogP contribution >= 0.6 is 15.9 Å². The van der Waals surface area contributed by atoms with Gasteiger partial charge < -0.3 is 15.2 Å². The molecule has 0 amide bonds. The minimum Gasteiger partial charge on any atom is -0.467 e. The zero-order valence-electron chi connectivity index (χ0n) is 10.4. The van der Waals surface area contributed by atoms with Crippen LogP contribution in [0.25, 0.3) is 0 Å². The number of hydrogen-bond donors (Lipinski definition) is 1. The van der Waals surface area contributed by atoms with Crippen molar-refractivity contribution in [1.29, 1.82) is 0 Å². The molecule has 2 aromatic rings. The lowest BCUT2D eigenvalue weighted by Gasteiger charge is -2.07. The maximum Gasteiger partial charge on any atom is 0.330 e. The second kappa shape index (κ2) is 5.83. The maximum atomic E-state index is 13.5. The van der Waals surface area contributed by atoms with Gasteiger partial charge in [0, 0.05) is 12.1 Å². The van der Waals surface area contributed by atoms with Crippen LogP contribution in [0.3, 0.4) is 0 Å². The first kappa shape index (κ1) is 14.8. The molecule has 0 aliphatic heterocycles. The molecule has 21 heavy (non-hydrogen) atoms. The summed E-state index contributed by atoms with van der Waals surface area (Å²) in [6, 6.07) is 1.29. The molecular weight excluding hydrogens is 353 g/mol. The van der Waals surface area contributed by atoms with Crippen molar-refractivity contribution in [2.24, 2.45) is 0 Å². The normalized spacial score (nSPS) is 10.2. The second-order valence-electron chi connectivity index (χ2n) is 3.56. The molecule has 2 N–H and O–H groups in total. The Morgan fingerprint density at radius 1 is 1.33 bits per heavy atom. The highest BCUT2D eigenvalue weighted by Crippen LogP contribution is 2.34. The standard InChI is InChI=1S/C10H7BrFN5O4/c1-20-9-14-8(13)15-10(16-9)21-7-3-5(12)4(11)2-6(7)17(18)19/h2-3H,1H3,(H2,13,14,15,16). The molecule has 0 fully saturated rings. The fraction of sp³-hybridized carbons (Fsp3) is 0.100. The smallest absolute Gasteiger partial charge is 0.330 e. The molecule has 1 aromatic heterocycles. The zero-order chi connectivity index (χ0) is 15.6. The third-order valence-corrected chi connectivity index (χ3v) is 2.80. The number of hydrogen-bond acceptors (Lipinski definition) is 8. The summed E-state index contributed by atoms with van der Waals surface area (Å²) in [6.07, 6.45) is 0. The number of halogens is 2. The van der Waals surface area contributed by atoms with E-state index >= 15 is 0 Å². The maximum absolute atomic E-state index is 13.5. The number of methoxy groups -OCH3 is 1. The summed E-state index contributed by atoms with van der Waals surface area (Å²) in [4.78, 5) is 21.2. The molecule has 9 nitrogen and oxygen atoms in total. The number of nitrogen functional groups attached to an aromatic ring is 1. The topological polar surface area (TPSA) is 126 Å². The minimum absolute atomic E-state index is 0.0747. The molecule has 0 aliphatic rings. The molecule has 0 saturated carbocycles. The number of aromatic nitrogens is 3. The van der Waals surface area contributed by atoms with Crippen LogP contribution in [0.1, 0.15) is 0 Å². The summed E-state index contributed by atoms with van der Waals surface area (Å²) in [5, 5.41) is 10.9. The lowest BCUT2D eigenvalue weighted by Crippen LogP contribution is -2.04. The number of nitro groups is 1. The van der Waals surface area contributed by atoms with E-state index in [-0.39, 0.29) is 28.2 Å². The highest BCUT2D eigenvalue weighted by atomic mass is 79.9. The predicted molar refractivity (Wildman–Crippen MR) is 71.6 cm³/mol. The Balaban J connectivity index is 2.46. The van der Waals surface area contributed by atoms with Gasteiger partial charge in [0.25, 0.3) is 0 Å². The summed E-state index contributed by atoms with van der Waals surface area (Å²) in [6.45, 7) is 0. The van der Waals surface area contributed by atoms with Crippen LogP contribution in [0.2, 0.25) is 0 Å². The summed E-state index contributed by atoms with van der Waals surface area (Å²) in [5.41, 5.74) is 4.93. The third kappa shape index (κ3) is 3.31. The number of ether oxygens (including phenoxy) is 2. The third-order valence-electron chi connectivity index (χ3n) is 2.19. The van der Waals surface area contributed by atoms with Gasteiger partial charge in [-0.3, -0.25) is 10.1 Å². The fourth-order valence-corrected chi connectivity index (χ4v) is 1.66. The monoisotopic (exact) mass is 359 g/mol. The summed E-state index contributed by atoms with van der Waals surface area (Å²) in [7, 11) is 1.29. The van der Waals surface area contributed by atoms with Crippen molar-refractivity contribution in [3.05, 3.63) is 32.5 Å². The molecule has 0 saturated heterocycles. The highest BCUT2D eigenvalue weighted by Gasteiger charge is 2.21. The molecular formula is C10H7BrFN5O4. The van der Waals surface area contributed by atoms with Crippen molar-refractivity contribution in [3.63, 3.8) is 0 Å². The van der Waals surface area contributed by atoms with Crippen LogP contribution in [0.5, 0.6) is 17.8 Å². The van der Waals surface area contributed by atoms with Crippen LogP contribution in [-0.4, -0.2) is 27.0 Å². The van der Waals surface area contributed by atoms with Gasteiger partial charge in [-0.25, -0.2) is 4.39 Å². The van der Waals surface area contributed by atoms with E-state index in [0.29, 0.717) is 0 Å². The Bertz CT molecular complexity index is 714. The lowest BCUT2D eigenvalue weighted by molar-refractivity contribution is -0.385. The van der Waals surface area contributed by atoms with E-state index < -0.39 is 16.4 Å². The summed E-state index contributed by atoms with van der Waals surface area (Å²) in [5.74, 6) is -1.34. The predicted octanol–water partition coefficient (Wildman–Crippen LogP) is 2.06. The van der Waals surface area contributed by atoms with Gasteiger partial charge in [0.1, 0.15) is 5.82 Å². The quantitative estimate of drug-likeness (QED) is 0.649. The van der Waals surface area contributed by atoms with E-state index in [2.05, 4.69) is 30.9 Å². The SMILES string of the molecule is COc1nc(N)nc(Oc2cc(F)c(Br)cc2[N+](=O)[O-])n1. The van der Waals surface area contributed by atoms with Crippen molar-refractivity contribution < 1.29 is 18.8 Å². The van der Waals surface area contributed by atoms with Gasteiger partial charge in [0.05, 0.1) is 16.5 Å². The van der Waals surface area contributed by atoms with E-state index in [4.69, 9.17) is 15.2 Å². The Morgan fingerprint density at radius 2 is 2.00 bits per heavy atom. The Morgan fingerprint density at radius 3 is 2.62 bits per heavy atom. The molecule has 110 valence electrons. The number of nitro benzene ring substituents is 1. The van der Waals surface area contributed by atoms with Crippen molar-refractivity contribution in [2.45, 2.75) is 0 Å². The molecule has 0 bridgehead atoms. The first-order valence-corrected chi connectivity index (χ1v) is 6.07. The van der Waals surface area contributed by atoms with Gasteiger partial charge >= 0.3 is 17.7 Å². The van der Waals surface area contributed by atoms with E-state index in [0.717, 1.165) is 12.1 Å². The molecule has 1 heterocycles. The average Bonchev–Trinajstić information content (AvgIpc) is 2.41. The molecule has 0 spiro atoms. The van der Waals surface area contributed by atoms with Crippen LogP contribution in [-0.2, 0) is 0 Å². The van der Waals surface area contributed by atoms with Gasteiger partial charge in [0.15, 0.2) is 0 Å². The molecule has 0 atom stereocenters. The van der Waals surface area contributed by atoms with Gasteiger partial charge in [-0.1, -0.05) is 0 Å². The van der Waals surface area contributed by atoms with Crippen LogP contribution in [0.15, 0.2) is 16.6 Å². The summed E-state index contributed by atoms with van der Waals surface area (Å²) < 4.78 is 23.3. The number of nitrogens with zero attached hydrogens (tertiary/aromatic N) is 4. The molecule has 2 rings (SSSR count). The van der Waals surface area contributed by atoms with Crippen molar-refractivity contribution >= 4 is 27.6 Å².